The van der Waals surface area contributed by atoms with Gasteiger partial charge in [-0.05, 0) is 25.3 Å². The molecule has 1 atom stereocenters. The lowest BCUT2D eigenvalue weighted by Crippen LogP contribution is -2.43. The van der Waals surface area contributed by atoms with Crippen LogP contribution >= 0.6 is 0 Å². The lowest BCUT2D eigenvalue weighted by Gasteiger charge is -2.37. The van der Waals surface area contributed by atoms with Gasteiger partial charge in [-0.1, -0.05) is 44.2 Å². The highest BCUT2D eigenvalue weighted by atomic mass is 16.5. The molecular formula is C14H23NO. The first-order valence-corrected chi connectivity index (χ1v) is 6.14. The van der Waals surface area contributed by atoms with Gasteiger partial charge in [0.1, 0.15) is 0 Å². The van der Waals surface area contributed by atoms with Gasteiger partial charge in [0, 0.05) is 6.61 Å². The summed E-state index contributed by atoms with van der Waals surface area (Å²) in [5.41, 5.74) is 7.28. The van der Waals surface area contributed by atoms with E-state index in [4.69, 9.17) is 10.5 Å². The van der Waals surface area contributed by atoms with Crippen molar-refractivity contribution in [3.8, 4) is 0 Å². The monoisotopic (exact) mass is 221 g/mol. The zero-order chi connectivity index (χ0) is 12.0. The van der Waals surface area contributed by atoms with Crippen molar-refractivity contribution in [1.29, 1.82) is 0 Å². The van der Waals surface area contributed by atoms with Gasteiger partial charge in [0.2, 0.25) is 0 Å². The van der Waals surface area contributed by atoms with Crippen LogP contribution in [0.15, 0.2) is 30.3 Å². The lowest BCUT2D eigenvalue weighted by molar-refractivity contribution is -0.0645. The Hall–Kier alpha value is -0.860. The van der Waals surface area contributed by atoms with Crippen molar-refractivity contribution in [3.05, 3.63) is 35.9 Å². The Balaban J connectivity index is 2.95. The Bertz CT molecular complexity index is 293. The molecule has 16 heavy (non-hydrogen) atoms. The fourth-order valence-electron chi connectivity index (χ4n) is 2.24. The standard InChI is InChI=1S/C14H23NO/c1-4-14(5-2,16-6-3)13(15)12-10-8-7-9-11-12/h7-11,13H,4-6,15H2,1-3H3. The summed E-state index contributed by atoms with van der Waals surface area (Å²) < 4.78 is 5.92. The van der Waals surface area contributed by atoms with Crippen molar-refractivity contribution < 1.29 is 4.74 Å². The van der Waals surface area contributed by atoms with Gasteiger partial charge in [-0.15, -0.1) is 0 Å². The Morgan fingerprint density at radius 3 is 2.12 bits per heavy atom. The summed E-state index contributed by atoms with van der Waals surface area (Å²) in [4.78, 5) is 0. The molecule has 0 aliphatic heterocycles. The Labute approximate surface area is 98.8 Å². The normalized spacial score (nSPS) is 13.8. The minimum absolute atomic E-state index is 0.0522. The molecule has 0 bridgehead atoms. The topological polar surface area (TPSA) is 35.2 Å². The molecule has 0 spiro atoms. The first-order chi connectivity index (χ1) is 7.70. The minimum Gasteiger partial charge on any atom is -0.373 e. The van der Waals surface area contributed by atoms with E-state index in [2.05, 4.69) is 26.0 Å². The summed E-state index contributed by atoms with van der Waals surface area (Å²) in [5, 5.41) is 0. The van der Waals surface area contributed by atoms with Crippen LogP contribution < -0.4 is 5.73 Å². The van der Waals surface area contributed by atoms with Gasteiger partial charge >= 0.3 is 0 Å². The fourth-order valence-corrected chi connectivity index (χ4v) is 2.24. The van der Waals surface area contributed by atoms with Crippen molar-refractivity contribution in [3.63, 3.8) is 0 Å². The predicted molar refractivity (Wildman–Crippen MR) is 68.3 cm³/mol. The molecule has 90 valence electrons. The number of benzene rings is 1. The second kappa shape index (κ2) is 6.02. The van der Waals surface area contributed by atoms with Crippen LogP contribution in [0.25, 0.3) is 0 Å². The maximum Gasteiger partial charge on any atom is 0.0868 e. The van der Waals surface area contributed by atoms with E-state index >= 15 is 0 Å². The molecule has 0 radical (unpaired) electrons. The molecule has 0 amide bonds. The molecule has 2 heteroatoms. The zero-order valence-corrected chi connectivity index (χ0v) is 10.6. The molecule has 2 N–H and O–H groups in total. The number of ether oxygens (including phenoxy) is 1. The summed E-state index contributed by atoms with van der Waals surface area (Å²) in [7, 11) is 0. The van der Waals surface area contributed by atoms with Crippen LogP contribution in [-0.4, -0.2) is 12.2 Å². The largest absolute Gasteiger partial charge is 0.373 e. The van der Waals surface area contributed by atoms with E-state index in [1.54, 1.807) is 0 Å². The Morgan fingerprint density at radius 2 is 1.69 bits per heavy atom. The van der Waals surface area contributed by atoms with Gasteiger partial charge in [-0.2, -0.15) is 0 Å². The van der Waals surface area contributed by atoms with Gasteiger partial charge < -0.3 is 10.5 Å². The van der Waals surface area contributed by atoms with Crippen molar-refractivity contribution in [2.75, 3.05) is 6.61 Å². The molecule has 1 aromatic carbocycles. The molecule has 1 aromatic rings. The average molecular weight is 221 g/mol. The van der Waals surface area contributed by atoms with Gasteiger partial charge in [-0.3, -0.25) is 0 Å². The summed E-state index contributed by atoms with van der Waals surface area (Å²) >= 11 is 0. The number of rotatable bonds is 6. The van der Waals surface area contributed by atoms with Gasteiger partial charge in [0.05, 0.1) is 11.6 Å². The quantitative estimate of drug-likeness (QED) is 0.800. The van der Waals surface area contributed by atoms with Crippen LogP contribution in [0.5, 0.6) is 0 Å². The van der Waals surface area contributed by atoms with Gasteiger partial charge in [-0.25, -0.2) is 0 Å². The third-order valence-corrected chi connectivity index (χ3v) is 3.35. The van der Waals surface area contributed by atoms with E-state index < -0.39 is 0 Å². The van der Waals surface area contributed by atoms with Crippen LogP contribution in [0.4, 0.5) is 0 Å². The molecule has 0 heterocycles. The summed E-state index contributed by atoms with van der Waals surface area (Å²) in [6.07, 6.45) is 1.88. The predicted octanol–water partition coefficient (Wildman–Crippen LogP) is 3.28. The molecule has 2 nitrogen and oxygen atoms in total. The average Bonchev–Trinajstić information content (AvgIpc) is 2.36. The molecule has 1 unspecified atom stereocenters. The third-order valence-electron chi connectivity index (χ3n) is 3.35. The van der Waals surface area contributed by atoms with Crippen molar-refractivity contribution in [2.24, 2.45) is 5.73 Å². The minimum atomic E-state index is -0.226. The summed E-state index contributed by atoms with van der Waals surface area (Å²) in [6, 6.07) is 10.2. The van der Waals surface area contributed by atoms with Crippen molar-refractivity contribution in [2.45, 2.75) is 45.3 Å². The fraction of sp³-hybridized carbons (Fsp3) is 0.571. The highest BCUT2D eigenvalue weighted by Gasteiger charge is 2.34. The van der Waals surface area contributed by atoms with E-state index in [0.717, 1.165) is 18.4 Å². The zero-order valence-electron chi connectivity index (χ0n) is 10.6. The molecule has 0 fully saturated rings. The van der Waals surface area contributed by atoms with Crippen molar-refractivity contribution in [1.82, 2.24) is 0 Å². The van der Waals surface area contributed by atoms with E-state index in [1.807, 2.05) is 25.1 Å². The van der Waals surface area contributed by atoms with Gasteiger partial charge in [0.15, 0.2) is 0 Å². The highest BCUT2D eigenvalue weighted by Crippen LogP contribution is 2.33. The summed E-state index contributed by atoms with van der Waals surface area (Å²) in [6.45, 7) is 7.02. The number of hydrogen-bond donors (Lipinski definition) is 1. The second-order valence-electron chi connectivity index (χ2n) is 4.09. The maximum absolute atomic E-state index is 6.36. The van der Waals surface area contributed by atoms with E-state index in [-0.39, 0.29) is 11.6 Å². The maximum atomic E-state index is 6.36. The first-order valence-electron chi connectivity index (χ1n) is 6.14. The Kier molecular flexibility index (Phi) is 4.97. The van der Waals surface area contributed by atoms with Crippen LogP contribution in [0.1, 0.15) is 45.2 Å². The molecular weight excluding hydrogens is 198 g/mol. The molecule has 0 aliphatic carbocycles. The molecule has 0 saturated carbocycles. The van der Waals surface area contributed by atoms with Gasteiger partial charge in [0.25, 0.3) is 0 Å². The van der Waals surface area contributed by atoms with Crippen LogP contribution in [0.3, 0.4) is 0 Å². The summed E-state index contributed by atoms with van der Waals surface area (Å²) in [5.74, 6) is 0. The van der Waals surface area contributed by atoms with Crippen molar-refractivity contribution >= 4 is 0 Å². The lowest BCUT2D eigenvalue weighted by atomic mass is 9.84. The van der Waals surface area contributed by atoms with Crippen LogP contribution in [0, 0.1) is 0 Å². The second-order valence-corrected chi connectivity index (χ2v) is 4.09. The van der Waals surface area contributed by atoms with Crippen LogP contribution in [-0.2, 0) is 4.74 Å². The first kappa shape index (κ1) is 13.2. The Morgan fingerprint density at radius 1 is 1.12 bits per heavy atom. The SMILES string of the molecule is CCOC(CC)(CC)C(N)c1ccccc1. The van der Waals surface area contributed by atoms with Crippen LogP contribution in [0.2, 0.25) is 0 Å². The highest BCUT2D eigenvalue weighted by molar-refractivity contribution is 5.21. The third kappa shape index (κ3) is 2.63. The van der Waals surface area contributed by atoms with E-state index in [0.29, 0.717) is 6.61 Å². The smallest absolute Gasteiger partial charge is 0.0868 e. The molecule has 0 saturated heterocycles. The molecule has 0 aromatic heterocycles. The number of hydrogen-bond acceptors (Lipinski definition) is 2. The van der Waals surface area contributed by atoms with E-state index in [1.165, 1.54) is 0 Å². The number of nitrogens with two attached hydrogens (primary N) is 1. The molecule has 1 rings (SSSR count). The van der Waals surface area contributed by atoms with E-state index in [9.17, 15) is 0 Å². The molecule has 0 aliphatic rings.